The molecular weight excluding hydrogens is 370 g/mol. The zero-order valence-electron chi connectivity index (χ0n) is 15.2. The fourth-order valence-corrected chi connectivity index (χ4v) is 3.52. The first kappa shape index (κ1) is 18.0. The Morgan fingerprint density at radius 2 is 1.75 bits per heavy atom. The number of rotatable bonds is 4. The first-order valence-electron chi connectivity index (χ1n) is 8.85. The summed E-state index contributed by atoms with van der Waals surface area (Å²) in [6, 6.07) is 21.4. The van der Waals surface area contributed by atoms with Crippen molar-refractivity contribution in [1.82, 2.24) is 4.98 Å². The summed E-state index contributed by atoms with van der Waals surface area (Å²) in [5.74, 6) is 0. The minimum Gasteiger partial charge on any atom is -0.410 e. The zero-order valence-corrected chi connectivity index (χ0v) is 16.0. The Morgan fingerprint density at radius 3 is 2.54 bits per heavy atom. The number of oxime groups is 1. The van der Waals surface area contributed by atoms with E-state index >= 15 is 0 Å². The predicted octanol–water partition coefficient (Wildman–Crippen LogP) is 6.17. The van der Waals surface area contributed by atoms with Gasteiger partial charge in [0.1, 0.15) is 5.71 Å². The zero-order chi connectivity index (χ0) is 19.5. The van der Waals surface area contributed by atoms with Crippen LogP contribution in [0.5, 0.6) is 0 Å². The Morgan fingerprint density at radius 1 is 0.964 bits per heavy atom. The quantitative estimate of drug-likeness (QED) is 0.250. The van der Waals surface area contributed by atoms with Crippen molar-refractivity contribution in [1.29, 1.82) is 0 Å². The third-order valence-electron chi connectivity index (χ3n) is 4.67. The van der Waals surface area contributed by atoms with Crippen molar-refractivity contribution in [3.63, 3.8) is 0 Å². The molecule has 0 aliphatic rings. The van der Waals surface area contributed by atoms with Crippen LogP contribution in [0.3, 0.4) is 0 Å². The topological polar surface area (TPSA) is 57.5 Å². The molecule has 0 radical (unpaired) electrons. The van der Waals surface area contributed by atoms with E-state index in [1.54, 1.807) is 6.20 Å². The number of fused-ring (bicyclic) bond motifs is 1. The lowest BCUT2D eigenvalue weighted by molar-refractivity contribution is 0.319. The maximum Gasteiger partial charge on any atom is 0.118 e. The van der Waals surface area contributed by atoms with E-state index in [1.807, 2.05) is 79.9 Å². The van der Waals surface area contributed by atoms with E-state index in [0.717, 1.165) is 33.3 Å². The highest BCUT2D eigenvalue weighted by molar-refractivity contribution is 6.35. The fraction of sp³-hybridized carbons (Fsp3) is 0.0435. The molecule has 0 atom stereocenters. The van der Waals surface area contributed by atoms with Crippen molar-refractivity contribution < 1.29 is 5.21 Å². The lowest BCUT2D eigenvalue weighted by Gasteiger charge is -2.13. The van der Waals surface area contributed by atoms with Crippen LogP contribution in [-0.4, -0.2) is 15.9 Å². The molecule has 4 rings (SSSR count). The molecule has 0 saturated heterocycles. The molecule has 2 N–H and O–H groups in total. The summed E-state index contributed by atoms with van der Waals surface area (Å²) in [7, 11) is 0. The molecular formula is C23H18ClN3O. The van der Waals surface area contributed by atoms with Crippen molar-refractivity contribution in [2.45, 2.75) is 6.92 Å². The number of halogens is 1. The normalized spacial score (nSPS) is 11.6. The molecule has 1 heterocycles. The van der Waals surface area contributed by atoms with Gasteiger partial charge in [0.05, 0.1) is 16.9 Å². The Balaban J connectivity index is 1.69. The Bertz CT molecular complexity index is 1180. The van der Waals surface area contributed by atoms with Crippen molar-refractivity contribution >= 4 is 39.5 Å². The summed E-state index contributed by atoms with van der Waals surface area (Å²) in [5.41, 5.74) is 4.69. The van der Waals surface area contributed by atoms with Crippen LogP contribution in [0.4, 0.5) is 11.4 Å². The van der Waals surface area contributed by atoms with E-state index in [4.69, 9.17) is 11.6 Å². The molecule has 0 bridgehead atoms. The smallest absolute Gasteiger partial charge is 0.118 e. The Labute approximate surface area is 168 Å². The molecule has 1 aromatic heterocycles. The number of aromatic nitrogens is 1. The Kier molecular flexibility index (Phi) is 4.96. The number of aryl methyl sites for hydroxylation is 1. The van der Waals surface area contributed by atoms with Gasteiger partial charge in [0, 0.05) is 33.8 Å². The fourth-order valence-electron chi connectivity index (χ4n) is 3.25. The van der Waals surface area contributed by atoms with Gasteiger partial charge >= 0.3 is 0 Å². The highest BCUT2D eigenvalue weighted by atomic mass is 35.5. The van der Waals surface area contributed by atoms with Gasteiger partial charge in [0.2, 0.25) is 0 Å². The highest BCUT2D eigenvalue weighted by Crippen LogP contribution is 2.29. The number of nitrogens with one attached hydrogen (secondary N) is 1. The van der Waals surface area contributed by atoms with Gasteiger partial charge in [-0.3, -0.25) is 4.98 Å². The molecule has 4 nitrogen and oxygen atoms in total. The molecule has 0 fully saturated rings. The van der Waals surface area contributed by atoms with Crippen LogP contribution in [0.15, 0.2) is 84.3 Å². The van der Waals surface area contributed by atoms with Crippen LogP contribution in [0.25, 0.3) is 10.8 Å². The second kappa shape index (κ2) is 7.71. The van der Waals surface area contributed by atoms with Crippen LogP contribution in [0, 0.1) is 6.92 Å². The molecule has 138 valence electrons. The van der Waals surface area contributed by atoms with Gasteiger partial charge in [-0.25, -0.2) is 0 Å². The minimum absolute atomic E-state index is 0.446. The van der Waals surface area contributed by atoms with Crippen molar-refractivity contribution in [3.05, 3.63) is 101 Å². The third kappa shape index (κ3) is 3.42. The maximum absolute atomic E-state index is 9.61. The molecule has 0 unspecified atom stereocenters. The molecule has 0 aliphatic heterocycles. The number of benzene rings is 3. The van der Waals surface area contributed by atoms with E-state index in [-0.39, 0.29) is 0 Å². The third-order valence-corrected chi connectivity index (χ3v) is 4.98. The maximum atomic E-state index is 9.61. The first-order chi connectivity index (χ1) is 13.7. The summed E-state index contributed by atoms with van der Waals surface area (Å²) < 4.78 is 0. The second-order valence-electron chi connectivity index (χ2n) is 6.49. The van der Waals surface area contributed by atoms with E-state index in [2.05, 4.69) is 15.5 Å². The molecule has 4 aromatic rings. The minimum atomic E-state index is 0.446. The summed E-state index contributed by atoms with van der Waals surface area (Å²) in [6.45, 7) is 1.97. The number of anilines is 2. The van der Waals surface area contributed by atoms with Gasteiger partial charge in [0.15, 0.2) is 0 Å². The number of pyridine rings is 1. The van der Waals surface area contributed by atoms with Crippen LogP contribution in [0.2, 0.25) is 5.02 Å². The summed E-state index contributed by atoms with van der Waals surface area (Å²) in [6.07, 6.45) is 3.63. The molecule has 3 aromatic carbocycles. The van der Waals surface area contributed by atoms with Gasteiger partial charge in [0.25, 0.3) is 0 Å². The average molecular weight is 388 g/mol. The lowest BCUT2D eigenvalue weighted by atomic mass is 9.98. The molecule has 0 spiro atoms. The average Bonchev–Trinajstić information content (AvgIpc) is 2.71. The largest absolute Gasteiger partial charge is 0.410 e. The summed E-state index contributed by atoms with van der Waals surface area (Å²) in [4.78, 5) is 4.29. The Hall–Kier alpha value is -3.37. The van der Waals surface area contributed by atoms with Gasteiger partial charge in [-0.2, -0.15) is 0 Å². The first-order valence-corrected chi connectivity index (χ1v) is 9.23. The second-order valence-corrected chi connectivity index (χ2v) is 6.90. The van der Waals surface area contributed by atoms with Crippen LogP contribution in [-0.2, 0) is 0 Å². The number of hydrogen-bond donors (Lipinski definition) is 2. The van der Waals surface area contributed by atoms with Gasteiger partial charge in [-0.1, -0.05) is 65.3 Å². The van der Waals surface area contributed by atoms with E-state index in [0.29, 0.717) is 16.3 Å². The van der Waals surface area contributed by atoms with Crippen molar-refractivity contribution in [3.8, 4) is 0 Å². The van der Waals surface area contributed by atoms with Gasteiger partial charge < -0.3 is 10.5 Å². The van der Waals surface area contributed by atoms with Gasteiger partial charge in [-0.05, 0) is 30.7 Å². The summed E-state index contributed by atoms with van der Waals surface area (Å²) in [5, 5.41) is 19.1. The van der Waals surface area contributed by atoms with Crippen LogP contribution in [0.1, 0.15) is 16.7 Å². The van der Waals surface area contributed by atoms with Gasteiger partial charge in [-0.15, -0.1) is 0 Å². The molecule has 5 heteroatoms. The predicted molar refractivity (Wildman–Crippen MR) is 115 cm³/mol. The molecule has 0 aliphatic carbocycles. The number of nitrogens with zero attached hydrogens (tertiary/aromatic N) is 2. The van der Waals surface area contributed by atoms with Crippen molar-refractivity contribution in [2.75, 3.05) is 5.32 Å². The molecule has 28 heavy (non-hydrogen) atoms. The van der Waals surface area contributed by atoms with Crippen LogP contribution < -0.4 is 5.32 Å². The lowest BCUT2D eigenvalue weighted by Crippen LogP contribution is -2.06. The standard InChI is InChI=1S/C23H18ClN3O/c1-15-6-2-4-8-18(15)23(27-28)20-11-10-17(12-21(20)24)26-22-14-25-13-16-7-3-5-9-19(16)22/h2-14,26,28H,1H3/b27-23-. The van der Waals surface area contributed by atoms with Crippen LogP contribution >= 0.6 is 11.6 Å². The van der Waals surface area contributed by atoms with Crippen molar-refractivity contribution in [2.24, 2.45) is 5.16 Å². The highest BCUT2D eigenvalue weighted by Gasteiger charge is 2.14. The van der Waals surface area contributed by atoms with E-state index in [1.165, 1.54) is 0 Å². The number of hydrogen-bond acceptors (Lipinski definition) is 4. The molecule has 0 amide bonds. The van der Waals surface area contributed by atoms with E-state index in [9.17, 15) is 5.21 Å². The summed E-state index contributed by atoms with van der Waals surface area (Å²) >= 11 is 6.54. The monoisotopic (exact) mass is 387 g/mol. The molecule has 0 saturated carbocycles. The SMILES string of the molecule is Cc1ccccc1/C(=N/O)c1ccc(Nc2cncc3ccccc23)cc1Cl. The van der Waals surface area contributed by atoms with E-state index < -0.39 is 0 Å².